The summed E-state index contributed by atoms with van der Waals surface area (Å²) in [4.78, 5) is 11.8. The van der Waals surface area contributed by atoms with Crippen LogP contribution in [0.3, 0.4) is 0 Å². The molecule has 1 aromatic carbocycles. The summed E-state index contributed by atoms with van der Waals surface area (Å²) in [7, 11) is 0. The largest absolute Gasteiger partial charge is 0.453 e. The normalized spacial score (nSPS) is 11.8. The molecule has 2 rings (SSSR count). The summed E-state index contributed by atoms with van der Waals surface area (Å²) in [5.74, 6) is 4.48. The van der Waals surface area contributed by atoms with Gasteiger partial charge in [-0.05, 0) is 49.9 Å². The number of halogens is 3. The Morgan fingerprint density at radius 2 is 1.88 bits per heavy atom. The number of thioether (sulfide) groups is 1. The summed E-state index contributed by atoms with van der Waals surface area (Å²) in [6.45, 7) is 7.09. The number of nitrogen functional groups attached to an aromatic ring is 1. The quantitative estimate of drug-likeness (QED) is 0.515. The number of aryl methyl sites for hydroxylation is 2. The Morgan fingerprint density at radius 3 is 2.38 bits per heavy atom. The van der Waals surface area contributed by atoms with Crippen molar-refractivity contribution in [2.75, 3.05) is 5.84 Å². The molecule has 0 aliphatic carbocycles. The topological polar surface area (TPSA) is 73.8 Å². The highest BCUT2D eigenvalue weighted by Gasteiger charge is 2.38. The van der Waals surface area contributed by atoms with E-state index >= 15 is 0 Å². The number of nitrogens with zero attached hydrogens (tertiary/aromatic N) is 3. The number of ketones is 1. The van der Waals surface area contributed by atoms with Gasteiger partial charge in [0.15, 0.2) is 5.78 Å². The molecule has 0 saturated carbocycles. The maximum absolute atomic E-state index is 12.7. The van der Waals surface area contributed by atoms with Crippen LogP contribution >= 0.6 is 11.8 Å². The van der Waals surface area contributed by atoms with Crippen molar-refractivity contribution in [3.63, 3.8) is 0 Å². The molecule has 0 radical (unpaired) electrons. The second-order valence-electron chi connectivity index (χ2n) is 5.51. The Morgan fingerprint density at radius 1 is 1.25 bits per heavy atom. The average Bonchev–Trinajstić information content (AvgIpc) is 2.78. The van der Waals surface area contributed by atoms with E-state index in [1.54, 1.807) is 0 Å². The van der Waals surface area contributed by atoms with Crippen LogP contribution in [0.1, 0.15) is 45.4 Å². The molecular weight excluding hydrogens is 341 g/mol. The number of carbonyl (C=O) groups is 1. The van der Waals surface area contributed by atoms with E-state index in [1.165, 1.54) is 6.92 Å². The molecule has 2 aromatic rings. The second-order valence-corrected chi connectivity index (χ2v) is 6.45. The molecule has 130 valence electrons. The van der Waals surface area contributed by atoms with Gasteiger partial charge in [0.1, 0.15) is 0 Å². The zero-order valence-corrected chi connectivity index (χ0v) is 14.5. The zero-order valence-electron chi connectivity index (χ0n) is 13.7. The third-order valence-corrected chi connectivity index (χ3v) is 4.72. The fourth-order valence-electron chi connectivity index (χ4n) is 2.70. The molecule has 0 spiro atoms. The van der Waals surface area contributed by atoms with Crippen LogP contribution in [0.2, 0.25) is 0 Å². The number of benzene rings is 1. The fourth-order valence-corrected chi connectivity index (χ4v) is 3.74. The monoisotopic (exact) mass is 358 g/mol. The van der Waals surface area contributed by atoms with Crippen molar-refractivity contribution < 1.29 is 18.0 Å². The van der Waals surface area contributed by atoms with Crippen LogP contribution in [0.25, 0.3) is 0 Å². The third kappa shape index (κ3) is 3.40. The number of alkyl halides is 3. The highest BCUT2D eigenvalue weighted by molar-refractivity contribution is 7.98. The van der Waals surface area contributed by atoms with Crippen molar-refractivity contribution in [1.29, 1.82) is 0 Å². The van der Waals surface area contributed by atoms with Gasteiger partial charge in [-0.1, -0.05) is 17.8 Å². The van der Waals surface area contributed by atoms with Gasteiger partial charge >= 0.3 is 6.18 Å². The minimum atomic E-state index is -4.65. The van der Waals surface area contributed by atoms with Gasteiger partial charge in [0.25, 0.3) is 5.82 Å². The lowest BCUT2D eigenvalue weighted by molar-refractivity contribution is -0.146. The molecule has 1 aromatic heterocycles. The van der Waals surface area contributed by atoms with E-state index in [4.69, 9.17) is 5.84 Å². The maximum Gasteiger partial charge on any atom is 0.453 e. The van der Waals surface area contributed by atoms with Crippen molar-refractivity contribution in [2.24, 2.45) is 0 Å². The second kappa shape index (κ2) is 6.46. The number of aromatic nitrogens is 3. The number of nitrogens with two attached hydrogens (primary N) is 1. The lowest BCUT2D eigenvalue weighted by atomic mass is 9.92. The molecule has 0 amide bonds. The van der Waals surface area contributed by atoms with Crippen LogP contribution < -0.4 is 5.84 Å². The molecule has 0 unspecified atom stereocenters. The van der Waals surface area contributed by atoms with Gasteiger partial charge in [-0.2, -0.15) is 13.2 Å². The predicted octanol–water partition coefficient (Wildman–Crippen LogP) is 3.43. The highest BCUT2D eigenvalue weighted by atomic mass is 32.2. The molecule has 0 saturated heterocycles. The van der Waals surface area contributed by atoms with Crippen LogP contribution in [0, 0.1) is 20.8 Å². The molecular formula is C15H17F3N4OS. The smallest absolute Gasteiger partial charge is 0.335 e. The summed E-state index contributed by atoms with van der Waals surface area (Å²) < 4.78 is 38.5. The van der Waals surface area contributed by atoms with Gasteiger partial charge in [-0.3, -0.25) is 4.79 Å². The van der Waals surface area contributed by atoms with E-state index in [0.29, 0.717) is 16.0 Å². The SMILES string of the molecule is CC(=O)c1c(C)cc(C)c(CSc2nnc(C(F)(F)F)n2N)c1C. The highest BCUT2D eigenvalue weighted by Crippen LogP contribution is 2.32. The summed E-state index contributed by atoms with van der Waals surface area (Å²) in [5, 5.41) is 6.55. The van der Waals surface area contributed by atoms with E-state index in [0.717, 1.165) is 34.0 Å². The van der Waals surface area contributed by atoms with Gasteiger partial charge in [-0.15, -0.1) is 10.2 Å². The average molecular weight is 358 g/mol. The van der Waals surface area contributed by atoms with Crippen molar-refractivity contribution >= 4 is 17.5 Å². The molecule has 1 heterocycles. The van der Waals surface area contributed by atoms with Gasteiger partial charge in [0, 0.05) is 11.3 Å². The number of hydrogen-bond acceptors (Lipinski definition) is 5. The number of Topliss-reactive ketones (excluding diaryl/α,β-unsaturated/α-hetero) is 1. The lowest BCUT2D eigenvalue weighted by Crippen LogP contribution is -2.21. The van der Waals surface area contributed by atoms with Gasteiger partial charge in [0.2, 0.25) is 5.16 Å². The van der Waals surface area contributed by atoms with Crippen molar-refractivity contribution in [3.05, 3.63) is 39.7 Å². The Hall–Kier alpha value is -2.03. The summed E-state index contributed by atoms with van der Waals surface area (Å²) in [5.41, 5.74) is 4.19. The molecule has 0 atom stereocenters. The van der Waals surface area contributed by atoms with Crippen molar-refractivity contribution in [2.45, 2.75) is 44.8 Å². The predicted molar refractivity (Wildman–Crippen MR) is 85.4 cm³/mol. The standard InChI is InChI=1S/C15H17F3N4OS/c1-7-5-8(2)12(10(4)23)9(3)11(7)6-24-14-21-20-13(22(14)19)15(16,17)18/h5H,6,19H2,1-4H3. The third-order valence-electron chi connectivity index (χ3n) is 3.75. The lowest BCUT2D eigenvalue weighted by Gasteiger charge is -2.15. The van der Waals surface area contributed by atoms with Gasteiger partial charge < -0.3 is 5.84 Å². The first kappa shape index (κ1) is 18.3. The zero-order chi connectivity index (χ0) is 18.2. The fraction of sp³-hybridized carbons (Fsp3) is 0.400. The maximum atomic E-state index is 12.7. The van der Waals surface area contributed by atoms with Crippen molar-refractivity contribution in [1.82, 2.24) is 14.9 Å². The van der Waals surface area contributed by atoms with Crippen LogP contribution in [0.4, 0.5) is 13.2 Å². The molecule has 0 fully saturated rings. The summed E-state index contributed by atoms with van der Waals surface area (Å²) in [6, 6.07) is 1.90. The first-order chi connectivity index (χ1) is 11.0. The van der Waals surface area contributed by atoms with Crippen LogP contribution in [-0.2, 0) is 11.9 Å². The van der Waals surface area contributed by atoms with E-state index in [9.17, 15) is 18.0 Å². The molecule has 24 heavy (non-hydrogen) atoms. The Kier molecular flexibility index (Phi) is 4.93. The Bertz CT molecular complexity index is 799. The van der Waals surface area contributed by atoms with Gasteiger partial charge in [-0.25, -0.2) is 4.68 Å². The molecule has 0 aliphatic heterocycles. The van der Waals surface area contributed by atoms with Crippen LogP contribution in [0.5, 0.6) is 0 Å². The molecule has 9 heteroatoms. The van der Waals surface area contributed by atoms with E-state index in [-0.39, 0.29) is 10.9 Å². The molecule has 0 bridgehead atoms. The molecule has 0 aliphatic rings. The Balaban J connectivity index is 2.32. The molecule has 5 nitrogen and oxygen atoms in total. The van der Waals surface area contributed by atoms with Crippen molar-refractivity contribution in [3.8, 4) is 0 Å². The van der Waals surface area contributed by atoms with Crippen LogP contribution in [0.15, 0.2) is 11.2 Å². The minimum absolute atomic E-state index is 0.0360. The first-order valence-corrected chi connectivity index (χ1v) is 8.03. The summed E-state index contributed by atoms with van der Waals surface area (Å²) >= 11 is 1.04. The number of hydrogen-bond donors (Lipinski definition) is 1. The first-order valence-electron chi connectivity index (χ1n) is 7.05. The van der Waals surface area contributed by atoms with Gasteiger partial charge in [0.05, 0.1) is 0 Å². The number of rotatable bonds is 4. The van der Waals surface area contributed by atoms with Crippen LogP contribution in [-0.4, -0.2) is 20.7 Å². The minimum Gasteiger partial charge on any atom is -0.335 e. The van der Waals surface area contributed by atoms with E-state index in [1.807, 2.05) is 26.8 Å². The van der Waals surface area contributed by atoms with E-state index < -0.39 is 12.0 Å². The summed E-state index contributed by atoms with van der Waals surface area (Å²) in [6.07, 6.45) is -4.65. The molecule has 2 N–H and O–H groups in total. The van der Waals surface area contributed by atoms with E-state index in [2.05, 4.69) is 10.2 Å². The Labute approximate surface area is 141 Å². The number of carbonyl (C=O) groups excluding carboxylic acids is 1.